The van der Waals surface area contributed by atoms with E-state index in [9.17, 15) is 0 Å². The third kappa shape index (κ3) is 4.26. The third-order valence-corrected chi connectivity index (χ3v) is 3.66. The van der Waals surface area contributed by atoms with Gasteiger partial charge in [-0.25, -0.2) is 0 Å². The van der Waals surface area contributed by atoms with Gasteiger partial charge in [-0.05, 0) is 38.1 Å². The Morgan fingerprint density at radius 1 is 1.38 bits per heavy atom. The van der Waals surface area contributed by atoms with Crippen molar-refractivity contribution in [3.8, 4) is 11.5 Å². The van der Waals surface area contributed by atoms with Crippen LogP contribution < -0.4 is 20.5 Å². The minimum absolute atomic E-state index is 0.428. The molecule has 0 saturated carbocycles. The fourth-order valence-corrected chi connectivity index (χ4v) is 2.50. The van der Waals surface area contributed by atoms with Gasteiger partial charge in [0.05, 0.1) is 14.2 Å². The molecule has 2 rings (SSSR count). The molecule has 1 aliphatic rings. The van der Waals surface area contributed by atoms with Gasteiger partial charge in [-0.15, -0.1) is 0 Å². The van der Waals surface area contributed by atoms with E-state index in [1.165, 1.54) is 6.42 Å². The van der Waals surface area contributed by atoms with Crippen LogP contribution in [0.15, 0.2) is 23.2 Å². The van der Waals surface area contributed by atoms with Crippen LogP contribution in [0.25, 0.3) is 0 Å². The van der Waals surface area contributed by atoms with Gasteiger partial charge in [0.2, 0.25) is 0 Å². The van der Waals surface area contributed by atoms with Crippen molar-refractivity contribution >= 4 is 11.6 Å². The van der Waals surface area contributed by atoms with Gasteiger partial charge in [0.25, 0.3) is 0 Å². The van der Waals surface area contributed by atoms with Crippen molar-refractivity contribution in [3.05, 3.63) is 18.2 Å². The average Bonchev–Trinajstić information content (AvgIpc) is 2.90. The zero-order valence-corrected chi connectivity index (χ0v) is 12.9. The largest absolute Gasteiger partial charge is 0.493 e. The number of aliphatic imine (C=N–C) groups is 1. The molecule has 1 unspecified atom stereocenters. The average molecular weight is 292 g/mol. The number of nitrogens with two attached hydrogens (primary N) is 1. The standard InChI is InChI=1S/C15H24N4O2/c1-19-7-6-11(10-19)9-17-15(16)18-12-4-5-13(20-2)14(8-12)21-3/h4-5,8,11H,6-7,9-10H2,1-3H3,(H3,16,17,18). The van der Waals surface area contributed by atoms with E-state index in [0.29, 0.717) is 23.4 Å². The van der Waals surface area contributed by atoms with Crippen LogP contribution in [-0.4, -0.2) is 51.8 Å². The summed E-state index contributed by atoms with van der Waals surface area (Å²) in [4.78, 5) is 6.74. The second-order valence-electron chi connectivity index (χ2n) is 5.34. The summed E-state index contributed by atoms with van der Waals surface area (Å²) in [5.41, 5.74) is 6.76. The van der Waals surface area contributed by atoms with Crippen LogP contribution in [0.3, 0.4) is 0 Å². The zero-order valence-electron chi connectivity index (χ0n) is 12.9. The number of methoxy groups -OCH3 is 2. The van der Waals surface area contributed by atoms with E-state index in [1.54, 1.807) is 14.2 Å². The lowest BCUT2D eigenvalue weighted by Crippen LogP contribution is -2.24. The Bertz CT molecular complexity index is 504. The minimum atomic E-state index is 0.428. The Kier molecular flexibility index (Phi) is 5.27. The molecular formula is C15H24N4O2. The highest BCUT2D eigenvalue weighted by Gasteiger charge is 2.18. The summed E-state index contributed by atoms with van der Waals surface area (Å²) >= 11 is 0. The van der Waals surface area contributed by atoms with Crippen molar-refractivity contribution in [2.24, 2.45) is 16.6 Å². The molecule has 6 nitrogen and oxygen atoms in total. The van der Waals surface area contributed by atoms with Gasteiger partial charge in [0.15, 0.2) is 17.5 Å². The first-order valence-corrected chi connectivity index (χ1v) is 7.10. The summed E-state index contributed by atoms with van der Waals surface area (Å²) in [6.07, 6.45) is 1.18. The number of hydrogen-bond acceptors (Lipinski definition) is 4. The van der Waals surface area contributed by atoms with Crippen molar-refractivity contribution in [1.29, 1.82) is 0 Å². The Morgan fingerprint density at radius 2 is 2.14 bits per heavy atom. The number of hydrogen-bond donors (Lipinski definition) is 2. The molecule has 0 aliphatic carbocycles. The van der Waals surface area contributed by atoms with Gasteiger partial charge in [0.1, 0.15) is 0 Å². The molecular weight excluding hydrogens is 268 g/mol. The molecule has 1 saturated heterocycles. The second kappa shape index (κ2) is 7.17. The Morgan fingerprint density at radius 3 is 2.76 bits per heavy atom. The molecule has 3 N–H and O–H groups in total. The maximum absolute atomic E-state index is 5.93. The maximum Gasteiger partial charge on any atom is 0.193 e. The highest BCUT2D eigenvalue weighted by molar-refractivity contribution is 5.92. The molecule has 1 heterocycles. The van der Waals surface area contributed by atoms with Crippen LogP contribution in [0.1, 0.15) is 6.42 Å². The van der Waals surface area contributed by atoms with Crippen molar-refractivity contribution in [2.75, 3.05) is 46.2 Å². The number of nitrogens with one attached hydrogen (secondary N) is 1. The smallest absolute Gasteiger partial charge is 0.193 e. The lowest BCUT2D eigenvalue weighted by molar-refractivity contribution is 0.355. The minimum Gasteiger partial charge on any atom is -0.493 e. The Hall–Kier alpha value is -1.95. The predicted octanol–water partition coefficient (Wildman–Crippen LogP) is 1.38. The van der Waals surface area contributed by atoms with Gasteiger partial charge < -0.3 is 25.4 Å². The van der Waals surface area contributed by atoms with E-state index >= 15 is 0 Å². The quantitative estimate of drug-likeness (QED) is 0.634. The number of anilines is 1. The fraction of sp³-hybridized carbons (Fsp3) is 0.533. The van der Waals surface area contributed by atoms with Crippen LogP contribution >= 0.6 is 0 Å². The maximum atomic E-state index is 5.93. The first kappa shape index (κ1) is 15.4. The molecule has 21 heavy (non-hydrogen) atoms. The molecule has 0 radical (unpaired) electrons. The van der Waals surface area contributed by atoms with E-state index in [2.05, 4.69) is 22.3 Å². The van der Waals surface area contributed by atoms with Crippen LogP contribution in [0.2, 0.25) is 0 Å². The Labute approximate surface area is 125 Å². The van der Waals surface area contributed by atoms with Crippen LogP contribution in [0.4, 0.5) is 5.69 Å². The summed E-state index contributed by atoms with van der Waals surface area (Å²) in [5, 5.41) is 3.08. The lowest BCUT2D eigenvalue weighted by Gasteiger charge is -2.12. The van der Waals surface area contributed by atoms with Crippen molar-refractivity contribution < 1.29 is 9.47 Å². The van der Waals surface area contributed by atoms with Crippen molar-refractivity contribution in [1.82, 2.24) is 4.90 Å². The molecule has 6 heteroatoms. The molecule has 0 amide bonds. The number of ether oxygens (including phenoxy) is 2. The van der Waals surface area contributed by atoms with Gasteiger partial charge in [-0.3, -0.25) is 4.99 Å². The highest BCUT2D eigenvalue weighted by atomic mass is 16.5. The molecule has 1 aliphatic heterocycles. The summed E-state index contributed by atoms with van der Waals surface area (Å²) in [6.45, 7) is 2.99. The van der Waals surface area contributed by atoms with Crippen molar-refractivity contribution in [2.45, 2.75) is 6.42 Å². The number of likely N-dealkylation sites (tertiary alicyclic amines) is 1. The van der Waals surface area contributed by atoms with E-state index in [1.807, 2.05) is 18.2 Å². The summed E-state index contributed by atoms with van der Waals surface area (Å²) < 4.78 is 10.5. The molecule has 0 spiro atoms. The fourth-order valence-electron chi connectivity index (χ4n) is 2.50. The Balaban J connectivity index is 1.94. The van der Waals surface area contributed by atoms with Crippen molar-refractivity contribution in [3.63, 3.8) is 0 Å². The molecule has 1 aromatic rings. The summed E-state index contributed by atoms with van der Waals surface area (Å²) in [5.74, 6) is 2.37. The predicted molar refractivity (Wildman–Crippen MR) is 85.3 cm³/mol. The van der Waals surface area contributed by atoms with Gasteiger partial charge >= 0.3 is 0 Å². The van der Waals surface area contributed by atoms with Gasteiger partial charge in [0, 0.05) is 24.8 Å². The molecule has 0 bridgehead atoms. The molecule has 116 valence electrons. The third-order valence-electron chi connectivity index (χ3n) is 3.66. The summed E-state index contributed by atoms with van der Waals surface area (Å²) in [7, 11) is 5.35. The number of rotatable bonds is 5. The SMILES string of the molecule is COc1ccc(NC(N)=NCC2CCN(C)C2)cc1OC. The highest BCUT2D eigenvalue weighted by Crippen LogP contribution is 2.29. The summed E-state index contributed by atoms with van der Waals surface area (Å²) in [6, 6.07) is 5.55. The number of nitrogens with zero attached hydrogens (tertiary/aromatic N) is 2. The van der Waals surface area contributed by atoms with E-state index in [-0.39, 0.29) is 0 Å². The monoisotopic (exact) mass is 292 g/mol. The van der Waals surface area contributed by atoms with Gasteiger partial charge in [-0.2, -0.15) is 0 Å². The zero-order chi connectivity index (χ0) is 15.2. The van der Waals surface area contributed by atoms with E-state index < -0.39 is 0 Å². The topological polar surface area (TPSA) is 72.1 Å². The second-order valence-corrected chi connectivity index (χ2v) is 5.34. The van der Waals surface area contributed by atoms with Crippen LogP contribution in [0.5, 0.6) is 11.5 Å². The number of benzene rings is 1. The molecule has 0 aromatic heterocycles. The lowest BCUT2D eigenvalue weighted by atomic mass is 10.1. The molecule has 1 aromatic carbocycles. The first-order chi connectivity index (χ1) is 10.1. The molecule has 1 atom stereocenters. The number of guanidine groups is 1. The van der Waals surface area contributed by atoms with E-state index in [0.717, 1.165) is 25.3 Å². The first-order valence-electron chi connectivity index (χ1n) is 7.10. The van der Waals surface area contributed by atoms with Gasteiger partial charge in [-0.1, -0.05) is 0 Å². The normalized spacial score (nSPS) is 19.6. The van der Waals surface area contributed by atoms with Crippen LogP contribution in [0, 0.1) is 5.92 Å². The van der Waals surface area contributed by atoms with E-state index in [4.69, 9.17) is 15.2 Å². The van der Waals surface area contributed by atoms with Crippen LogP contribution in [-0.2, 0) is 0 Å². The molecule has 1 fully saturated rings.